The lowest BCUT2D eigenvalue weighted by Gasteiger charge is -2.11. The fourth-order valence-corrected chi connectivity index (χ4v) is 2.40. The molecular formula is C18H17BrO3. The lowest BCUT2D eigenvalue weighted by Crippen LogP contribution is -1.99. The first-order valence-electron chi connectivity index (χ1n) is 6.75. The van der Waals surface area contributed by atoms with Gasteiger partial charge in [-0.15, -0.1) is 0 Å². The number of ether oxygens (including phenoxy) is 2. The molecule has 0 aromatic heterocycles. The second-order valence-corrected chi connectivity index (χ2v) is 5.69. The Kier molecular flexibility index (Phi) is 5.39. The van der Waals surface area contributed by atoms with Gasteiger partial charge in [0.1, 0.15) is 0 Å². The predicted octanol–water partition coefficient (Wildman–Crippen LogP) is 4.67. The average Bonchev–Trinajstić information content (AvgIpc) is 2.53. The van der Waals surface area contributed by atoms with E-state index in [1.165, 1.54) is 0 Å². The van der Waals surface area contributed by atoms with E-state index in [1.807, 2.05) is 31.2 Å². The average molecular weight is 361 g/mol. The molecule has 0 aliphatic carbocycles. The van der Waals surface area contributed by atoms with E-state index in [-0.39, 0.29) is 5.78 Å². The molecule has 0 N–H and O–H groups in total. The summed E-state index contributed by atoms with van der Waals surface area (Å²) in [4.78, 5) is 12.3. The summed E-state index contributed by atoms with van der Waals surface area (Å²) >= 11 is 3.38. The molecule has 4 heteroatoms. The van der Waals surface area contributed by atoms with Crippen LogP contribution in [0.1, 0.15) is 21.5 Å². The molecule has 2 aromatic rings. The van der Waals surface area contributed by atoms with Gasteiger partial charge in [-0.1, -0.05) is 34.1 Å². The van der Waals surface area contributed by atoms with Gasteiger partial charge in [0, 0.05) is 10.0 Å². The van der Waals surface area contributed by atoms with Crippen LogP contribution in [0.5, 0.6) is 11.5 Å². The van der Waals surface area contributed by atoms with Crippen molar-refractivity contribution in [1.82, 2.24) is 0 Å². The van der Waals surface area contributed by atoms with Crippen molar-refractivity contribution in [3.05, 3.63) is 63.6 Å². The summed E-state index contributed by atoms with van der Waals surface area (Å²) in [7, 11) is 3.14. The Balaban J connectivity index is 2.26. The van der Waals surface area contributed by atoms with Crippen molar-refractivity contribution in [2.45, 2.75) is 6.92 Å². The van der Waals surface area contributed by atoms with Crippen LogP contribution in [0.2, 0.25) is 0 Å². The fraction of sp³-hybridized carbons (Fsp3) is 0.167. The molecule has 0 saturated heterocycles. The number of methoxy groups -OCH3 is 2. The van der Waals surface area contributed by atoms with Crippen LogP contribution >= 0.6 is 15.9 Å². The summed E-state index contributed by atoms with van der Waals surface area (Å²) in [6.07, 6.45) is 3.35. The third kappa shape index (κ3) is 3.77. The molecule has 114 valence electrons. The first-order valence-corrected chi connectivity index (χ1v) is 7.55. The normalized spacial score (nSPS) is 10.7. The summed E-state index contributed by atoms with van der Waals surface area (Å²) in [5, 5.41) is 0. The molecule has 0 saturated carbocycles. The molecule has 22 heavy (non-hydrogen) atoms. The Hall–Kier alpha value is -2.07. The molecule has 0 spiro atoms. The zero-order valence-electron chi connectivity index (χ0n) is 12.7. The molecular weight excluding hydrogens is 344 g/mol. The molecule has 0 unspecified atom stereocenters. The second kappa shape index (κ2) is 7.27. The number of benzene rings is 2. The van der Waals surface area contributed by atoms with Gasteiger partial charge in [0.25, 0.3) is 0 Å². The van der Waals surface area contributed by atoms with Crippen molar-refractivity contribution in [3.63, 3.8) is 0 Å². The molecule has 0 aliphatic heterocycles. The first-order chi connectivity index (χ1) is 10.5. The number of carbonyl (C=O) groups is 1. The number of rotatable bonds is 5. The summed E-state index contributed by atoms with van der Waals surface area (Å²) < 4.78 is 11.6. The van der Waals surface area contributed by atoms with Crippen molar-refractivity contribution >= 4 is 27.8 Å². The van der Waals surface area contributed by atoms with E-state index in [9.17, 15) is 4.79 Å². The number of hydrogen-bond donors (Lipinski definition) is 0. The molecule has 0 aliphatic rings. The van der Waals surface area contributed by atoms with E-state index < -0.39 is 0 Å². The summed E-state index contributed by atoms with van der Waals surface area (Å²) in [5.74, 6) is 1.13. The highest BCUT2D eigenvalue weighted by atomic mass is 79.9. The highest BCUT2D eigenvalue weighted by Crippen LogP contribution is 2.32. The number of carbonyl (C=O) groups excluding carboxylic acids is 1. The van der Waals surface area contributed by atoms with E-state index in [2.05, 4.69) is 15.9 Å². The fourth-order valence-electron chi connectivity index (χ4n) is 2.14. The molecule has 0 fully saturated rings. The van der Waals surface area contributed by atoms with Crippen LogP contribution in [0.3, 0.4) is 0 Å². The maximum Gasteiger partial charge on any atom is 0.186 e. The third-order valence-electron chi connectivity index (χ3n) is 3.25. The van der Waals surface area contributed by atoms with Gasteiger partial charge in [-0.3, -0.25) is 4.79 Å². The van der Waals surface area contributed by atoms with Gasteiger partial charge >= 0.3 is 0 Å². The highest BCUT2D eigenvalue weighted by Gasteiger charge is 2.12. The van der Waals surface area contributed by atoms with E-state index in [0.29, 0.717) is 17.1 Å². The first kappa shape index (κ1) is 16.3. The third-order valence-corrected chi connectivity index (χ3v) is 3.77. The summed E-state index contributed by atoms with van der Waals surface area (Å²) in [6, 6.07) is 11.2. The summed E-state index contributed by atoms with van der Waals surface area (Å²) in [5.41, 5.74) is 2.40. The predicted molar refractivity (Wildman–Crippen MR) is 91.8 cm³/mol. The zero-order chi connectivity index (χ0) is 16.1. The minimum absolute atomic E-state index is 0.0769. The molecule has 0 amide bonds. The number of aryl methyl sites for hydroxylation is 1. The van der Waals surface area contributed by atoms with Gasteiger partial charge in [-0.25, -0.2) is 0 Å². The van der Waals surface area contributed by atoms with E-state index in [0.717, 1.165) is 15.6 Å². The topological polar surface area (TPSA) is 35.5 Å². The van der Waals surface area contributed by atoms with Crippen LogP contribution < -0.4 is 9.47 Å². The Morgan fingerprint density at radius 2 is 1.77 bits per heavy atom. The quantitative estimate of drug-likeness (QED) is 0.574. The van der Waals surface area contributed by atoms with Crippen molar-refractivity contribution in [2.24, 2.45) is 0 Å². The van der Waals surface area contributed by atoms with E-state index >= 15 is 0 Å². The van der Waals surface area contributed by atoms with Crippen molar-refractivity contribution in [1.29, 1.82) is 0 Å². The molecule has 0 radical (unpaired) electrons. The van der Waals surface area contributed by atoms with Crippen LogP contribution in [-0.4, -0.2) is 20.0 Å². The van der Waals surface area contributed by atoms with Crippen molar-refractivity contribution in [2.75, 3.05) is 14.2 Å². The van der Waals surface area contributed by atoms with Crippen molar-refractivity contribution in [3.8, 4) is 11.5 Å². The standard InChI is InChI=1S/C18H17BrO3/c1-12-10-14(11-17(21-2)18(12)22-3)16(20)9-6-13-4-7-15(19)8-5-13/h4-11H,1-3H3. The maximum absolute atomic E-state index is 12.3. The van der Waals surface area contributed by atoms with Gasteiger partial charge in [0.15, 0.2) is 17.3 Å². The number of ketones is 1. The summed E-state index contributed by atoms with van der Waals surface area (Å²) in [6.45, 7) is 1.89. The van der Waals surface area contributed by atoms with Gasteiger partial charge in [0.05, 0.1) is 14.2 Å². The molecule has 3 nitrogen and oxygen atoms in total. The molecule has 0 atom stereocenters. The SMILES string of the molecule is COc1cc(C(=O)C=Cc2ccc(Br)cc2)cc(C)c1OC. The van der Waals surface area contributed by atoms with Crippen LogP contribution in [0.15, 0.2) is 46.9 Å². The highest BCUT2D eigenvalue weighted by molar-refractivity contribution is 9.10. The minimum atomic E-state index is -0.0769. The van der Waals surface area contributed by atoms with Gasteiger partial charge < -0.3 is 9.47 Å². The van der Waals surface area contributed by atoms with Gasteiger partial charge in [-0.2, -0.15) is 0 Å². The van der Waals surface area contributed by atoms with Crippen LogP contribution in [0, 0.1) is 6.92 Å². The lowest BCUT2D eigenvalue weighted by atomic mass is 10.0. The number of halogens is 1. The minimum Gasteiger partial charge on any atom is -0.493 e. The van der Waals surface area contributed by atoms with E-state index in [4.69, 9.17) is 9.47 Å². The van der Waals surface area contributed by atoms with Gasteiger partial charge in [-0.05, 0) is 48.4 Å². The monoisotopic (exact) mass is 360 g/mol. The zero-order valence-corrected chi connectivity index (χ0v) is 14.3. The largest absolute Gasteiger partial charge is 0.493 e. The Bertz CT molecular complexity index is 703. The molecule has 2 aromatic carbocycles. The number of allylic oxidation sites excluding steroid dienone is 1. The van der Waals surface area contributed by atoms with Crippen LogP contribution in [0.25, 0.3) is 6.08 Å². The maximum atomic E-state index is 12.3. The molecule has 0 heterocycles. The second-order valence-electron chi connectivity index (χ2n) is 4.78. The Labute approximate surface area is 138 Å². The number of hydrogen-bond acceptors (Lipinski definition) is 3. The molecule has 0 bridgehead atoms. The van der Waals surface area contributed by atoms with E-state index in [1.54, 1.807) is 38.5 Å². The lowest BCUT2D eigenvalue weighted by molar-refractivity contribution is 0.104. The smallest absolute Gasteiger partial charge is 0.186 e. The van der Waals surface area contributed by atoms with Crippen LogP contribution in [-0.2, 0) is 0 Å². The van der Waals surface area contributed by atoms with Gasteiger partial charge in [0.2, 0.25) is 0 Å². The molecule has 2 rings (SSSR count). The van der Waals surface area contributed by atoms with Crippen molar-refractivity contribution < 1.29 is 14.3 Å². The Morgan fingerprint density at radius 1 is 1.09 bits per heavy atom. The Morgan fingerprint density at radius 3 is 2.36 bits per heavy atom. The van der Waals surface area contributed by atoms with Crippen LogP contribution in [0.4, 0.5) is 0 Å².